The molecule has 0 unspecified atom stereocenters. The van der Waals surface area contributed by atoms with Gasteiger partial charge in [0.25, 0.3) is 5.56 Å². The Morgan fingerprint density at radius 3 is 2.71 bits per heavy atom. The molecule has 0 aliphatic carbocycles. The number of fused-ring (bicyclic) bond motifs is 1. The van der Waals surface area contributed by atoms with E-state index >= 15 is 0 Å². The molecule has 0 spiro atoms. The van der Waals surface area contributed by atoms with Crippen LogP contribution in [0.15, 0.2) is 41.2 Å². The van der Waals surface area contributed by atoms with Gasteiger partial charge in [-0.15, -0.1) is 0 Å². The van der Waals surface area contributed by atoms with Crippen LogP contribution in [0.25, 0.3) is 22.3 Å². The molecule has 9 heteroatoms. The van der Waals surface area contributed by atoms with Gasteiger partial charge in [0.1, 0.15) is 12.4 Å². The summed E-state index contributed by atoms with van der Waals surface area (Å²) in [6.07, 6.45) is 1.01. The molecule has 1 saturated heterocycles. The zero-order valence-electron chi connectivity index (χ0n) is 20.7. The van der Waals surface area contributed by atoms with Gasteiger partial charge in [0.2, 0.25) is 5.91 Å². The summed E-state index contributed by atoms with van der Waals surface area (Å²) >= 11 is 0. The number of amides is 1. The highest BCUT2D eigenvalue weighted by Gasteiger charge is 2.21. The molecular formula is C26H32FN5O3. The second-order valence-electron chi connectivity index (χ2n) is 9.77. The molecular weight excluding hydrogens is 449 g/mol. The molecule has 3 aromatic rings. The van der Waals surface area contributed by atoms with Gasteiger partial charge >= 0.3 is 0 Å². The lowest BCUT2D eigenvalue weighted by atomic mass is 10.1. The van der Waals surface area contributed by atoms with E-state index in [1.807, 2.05) is 39.0 Å². The smallest absolute Gasteiger partial charge is 0.262 e. The number of nitrogens with one attached hydrogen (secondary N) is 2. The van der Waals surface area contributed by atoms with Crippen molar-refractivity contribution in [1.82, 2.24) is 20.2 Å². The standard InChI is InChI=1S/C26H32FN5O3/c1-26(2,3)30-23(33)16-32-24(17-6-8-20(27)22(14-17)35-4)29-21-9-7-18(15-19(21)25(32)34)31-12-5-10-28-11-13-31/h6-9,14-15,28H,5,10-13,16H2,1-4H3,(H,30,33). The van der Waals surface area contributed by atoms with E-state index in [0.717, 1.165) is 38.3 Å². The number of ether oxygens (including phenoxy) is 1. The van der Waals surface area contributed by atoms with E-state index in [2.05, 4.69) is 15.5 Å². The molecule has 0 bridgehead atoms. The first kappa shape index (κ1) is 24.7. The van der Waals surface area contributed by atoms with E-state index in [4.69, 9.17) is 9.72 Å². The summed E-state index contributed by atoms with van der Waals surface area (Å²) in [6.45, 7) is 8.98. The molecule has 1 aliphatic heterocycles. The zero-order chi connectivity index (χ0) is 25.2. The Bertz CT molecular complexity index is 1290. The first-order chi connectivity index (χ1) is 16.7. The van der Waals surface area contributed by atoms with Gasteiger partial charge in [-0.25, -0.2) is 9.37 Å². The highest BCUT2D eigenvalue weighted by molar-refractivity contribution is 5.85. The number of aromatic nitrogens is 2. The summed E-state index contributed by atoms with van der Waals surface area (Å²) < 4.78 is 20.6. The number of benzene rings is 2. The Balaban J connectivity index is 1.86. The second-order valence-corrected chi connectivity index (χ2v) is 9.77. The van der Waals surface area contributed by atoms with Crippen molar-refractivity contribution in [2.45, 2.75) is 39.3 Å². The SMILES string of the molecule is COc1cc(-c2nc3ccc(N4CCCNCC4)cc3c(=O)n2CC(=O)NC(C)(C)C)ccc1F. The molecule has 1 amide bonds. The van der Waals surface area contributed by atoms with Gasteiger partial charge in [0.15, 0.2) is 11.6 Å². The van der Waals surface area contributed by atoms with Crippen LogP contribution < -0.4 is 25.8 Å². The van der Waals surface area contributed by atoms with E-state index in [1.165, 1.54) is 29.9 Å². The van der Waals surface area contributed by atoms with E-state index in [-0.39, 0.29) is 29.6 Å². The van der Waals surface area contributed by atoms with Crippen LogP contribution in [0.4, 0.5) is 10.1 Å². The second kappa shape index (κ2) is 10.0. The minimum absolute atomic E-state index is 0.0349. The number of methoxy groups -OCH3 is 1. The van der Waals surface area contributed by atoms with Crippen molar-refractivity contribution in [3.63, 3.8) is 0 Å². The van der Waals surface area contributed by atoms with E-state index in [9.17, 15) is 14.0 Å². The Labute approximate surface area is 204 Å². The fraction of sp³-hybridized carbons (Fsp3) is 0.423. The Morgan fingerprint density at radius 2 is 1.97 bits per heavy atom. The number of anilines is 1. The predicted molar refractivity (Wildman–Crippen MR) is 136 cm³/mol. The van der Waals surface area contributed by atoms with Crippen molar-refractivity contribution in [3.05, 3.63) is 52.6 Å². The molecule has 1 aromatic heterocycles. The number of rotatable bonds is 5. The third-order valence-electron chi connectivity index (χ3n) is 5.87. The molecule has 0 saturated carbocycles. The molecule has 2 aromatic carbocycles. The first-order valence-corrected chi connectivity index (χ1v) is 11.8. The zero-order valence-corrected chi connectivity index (χ0v) is 20.7. The summed E-state index contributed by atoms with van der Waals surface area (Å²) in [5.41, 5.74) is 1.15. The number of hydrogen-bond acceptors (Lipinski definition) is 6. The summed E-state index contributed by atoms with van der Waals surface area (Å²) in [5, 5.41) is 6.71. The Hall–Kier alpha value is -3.46. The average Bonchev–Trinajstić information content (AvgIpc) is 3.09. The topological polar surface area (TPSA) is 88.5 Å². The molecule has 2 N–H and O–H groups in total. The van der Waals surface area contributed by atoms with Crippen LogP contribution >= 0.6 is 0 Å². The minimum Gasteiger partial charge on any atom is -0.494 e. The number of halogens is 1. The van der Waals surface area contributed by atoms with E-state index in [0.29, 0.717) is 16.5 Å². The molecule has 186 valence electrons. The number of carbonyl (C=O) groups is 1. The number of hydrogen-bond donors (Lipinski definition) is 2. The number of nitrogens with zero attached hydrogens (tertiary/aromatic N) is 3. The third kappa shape index (κ3) is 5.62. The van der Waals surface area contributed by atoms with Crippen molar-refractivity contribution >= 4 is 22.5 Å². The largest absolute Gasteiger partial charge is 0.494 e. The van der Waals surface area contributed by atoms with Crippen LogP contribution in [0, 0.1) is 5.82 Å². The van der Waals surface area contributed by atoms with Crippen molar-refractivity contribution in [2.75, 3.05) is 38.2 Å². The normalized spacial score (nSPS) is 14.6. The summed E-state index contributed by atoms with van der Waals surface area (Å²) in [6, 6.07) is 9.92. The van der Waals surface area contributed by atoms with Crippen LogP contribution in [-0.2, 0) is 11.3 Å². The highest BCUT2D eigenvalue weighted by Crippen LogP contribution is 2.27. The molecule has 35 heavy (non-hydrogen) atoms. The molecule has 8 nitrogen and oxygen atoms in total. The van der Waals surface area contributed by atoms with Gasteiger partial charge < -0.3 is 20.3 Å². The minimum atomic E-state index is -0.520. The summed E-state index contributed by atoms with van der Waals surface area (Å²) in [7, 11) is 1.37. The predicted octanol–water partition coefficient (Wildman–Crippen LogP) is 2.93. The van der Waals surface area contributed by atoms with Gasteiger partial charge in [-0.1, -0.05) is 0 Å². The van der Waals surface area contributed by atoms with Gasteiger partial charge in [-0.3, -0.25) is 14.2 Å². The fourth-order valence-corrected chi connectivity index (χ4v) is 4.28. The monoisotopic (exact) mass is 481 g/mol. The van der Waals surface area contributed by atoms with Gasteiger partial charge in [-0.2, -0.15) is 0 Å². The van der Waals surface area contributed by atoms with Gasteiger partial charge in [0.05, 0.1) is 18.0 Å². The van der Waals surface area contributed by atoms with Crippen molar-refractivity contribution in [1.29, 1.82) is 0 Å². The van der Waals surface area contributed by atoms with Crippen molar-refractivity contribution < 1.29 is 13.9 Å². The molecule has 1 fully saturated rings. The molecule has 4 rings (SSSR count). The van der Waals surface area contributed by atoms with Crippen LogP contribution in [0.1, 0.15) is 27.2 Å². The maximum absolute atomic E-state index is 14.1. The van der Waals surface area contributed by atoms with E-state index in [1.54, 1.807) is 0 Å². The van der Waals surface area contributed by atoms with Crippen LogP contribution in [0.5, 0.6) is 5.75 Å². The summed E-state index contributed by atoms with van der Waals surface area (Å²) in [5.74, 6) is -0.525. The number of carbonyl (C=O) groups excluding carboxylic acids is 1. The molecule has 0 atom stereocenters. The summed E-state index contributed by atoms with van der Waals surface area (Å²) in [4.78, 5) is 33.6. The van der Waals surface area contributed by atoms with Crippen molar-refractivity contribution in [2.24, 2.45) is 0 Å². The van der Waals surface area contributed by atoms with Gasteiger partial charge in [0, 0.05) is 36.4 Å². The lowest BCUT2D eigenvalue weighted by Crippen LogP contribution is -2.43. The lowest BCUT2D eigenvalue weighted by molar-refractivity contribution is -0.123. The maximum atomic E-state index is 14.1. The average molecular weight is 482 g/mol. The molecule has 1 aliphatic rings. The molecule has 0 radical (unpaired) electrons. The Kier molecular flexibility index (Phi) is 7.07. The fourth-order valence-electron chi connectivity index (χ4n) is 4.28. The van der Waals surface area contributed by atoms with Crippen LogP contribution in [0.2, 0.25) is 0 Å². The highest BCUT2D eigenvalue weighted by atomic mass is 19.1. The van der Waals surface area contributed by atoms with Gasteiger partial charge in [-0.05, 0) is 70.1 Å². The van der Waals surface area contributed by atoms with E-state index < -0.39 is 11.4 Å². The van der Waals surface area contributed by atoms with Crippen LogP contribution in [-0.4, -0.2) is 54.3 Å². The van der Waals surface area contributed by atoms with Crippen molar-refractivity contribution in [3.8, 4) is 17.1 Å². The molecule has 2 heterocycles. The van der Waals surface area contributed by atoms with Crippen LogP contribution in [0.3, 0.4) is 0 Å². The third-order valence-corrected chi connectivity index (χ3v) is 5.87. The quantitative estimate of drug-likeness (QED) is 0.583. The lowest BCUT2D eigenvalue weighted by Gasteiger charge is -2.23. The maximum Gasteiger partial charge on any atom is 0.262 e. The Morgan fingerprint density at radius 1 is 1.17 bits per heavy atom. The first-order valence-electron chi connectivity index (χ1n) is 11.8.